The first kappa shape index (κ1) is 24.9. The first-order chi connectivity index (χ1) is 17.4. The Morgan fingerprint density at radius 3 is 2.06 bits per heavy atom. The van der Waals surface area contributed by atoms with Crippen LogP contribution in [0.2, 0.25) is 0 Å². The van der Waals surface area contributed by atoms with Crippen molar-refractivity contribution in [1.82, 2.24) is 14.7 Å². The van der Waals surface area contributed by atoms with Crippen LogP contribution in [0.4, 0.5) is 0 Å². The van der Waals surface area contributed by atoms with Crippen LogP contribution in [-0.2, 0) is 11.2 Å². The summed E-state index contributed by atoms with van der Waals surface area (Å²) in [5.41, 5.74) is 2.54. The maximum atomic E-state index is 13.6. The van der Waals surface area contributed by atoms with E-state index in [1.54, 1.807) is 17.0 Å². The molecule has 6 nitrogen and oxygen atoms in total. The summed E-state index contributed by atoms with van der Waals surface area (Å²) in [7, 11) is 0. The molecule has 0 aliphatic heterocycles. The largest absolute Gasteiger partial charge is 0.335 e. The third kappa shape index (κ3) is 5.89. The van der Waals surface area contributed by atoms with Gasteiger partial charge in [-0.25, -0.2) is 4.68 Å². The van der Waals surface area contributed by atoms with E-state index in [1.165, 1.54) is 4.68 Å². The Kier molecular flexibility index (Phi) is 7.95. The monoisotopic (exact) mass is 481 g/mol. The highest BCUT2D eigenvalue weighted by Gasteiger charge is 2.26. The average molecular weight is 482 g/mol. The zero-order valence-electron chi connectivity index (χ0n) is 20.7. The molecule has 184 valence electrons. The molecule has 0 fully saturated rings. The van der Waals surface area contributed by atoms with Crippen LogP contribution in [0, 0.1) is 5.92 Å². The summed E-state index contributed by atoms with van der Waals surface area (Å²) in [6.45, 7) is 4.32. The van der Waals surface area contributed by atoms with Crippen LogP contribution >= 0.6 is 0 Å². The van der Waals surface area contributed by atoms with Gasteiger partial charge in [-0.3, -0.25) is 19.5 Å². The van der Waals surface area contributed by atoms with Crippen LogP contribution < -0.4 is 5.56 Å². The minimum Gasteiger partial charge on any atom is -0.335 e. The minimum absolute atomic E-state index is 0.0645. The lowest BCUT2D eigenvalue weighted by atomic mass is 10.0. The van der Waals surface area contributed by atoms with Crippen LogP contribution in [0.3, 0.4) is 0 Å². The molecular weight excluding hydrogens is 450 g/mol. The second kappa shape index (κ2) is 11.5. The second-order valence-electron chi connectivity index (χ2n) is 9.28. The predicted octanol–water partition coefficient (Wildman–Crippen LogP) is 5.13. The van der Waals surface area contributed by atoms with E-state index < -0.39 is 5.56 Å². The van der Waals surface area contributed by atoms with Crippen molar-refractivity contribution in [3.63, 3.8) is 0 Å². The number of aromatic amines is 1. The number of aryl methyl sites for hydroxylation is 1. The SMILES string of the molecule is CC(C)CN(CC(=O)c1c(-c2ccccc2)[nH]n(-c2ccccc2)c1=O)C(=O)CCc1ccccc1. The highest BCUT2D eigenvalue weighted by Crippen LogP contribution is 2.22. The van der Waals surface area contributed by atoms with Crippen molar-refractivity contribution in [2.45, 2.75) is 26.7 Å². The third-order valence-electron chi connectivity index (χ3n) is 5.99. The summed E-state index contributed by atoms with van der Waals surface area (Å²) in [4.78, 5) is 41.9. The Morgan fingerprint density at radius 2 is 1.44 bits per heavy atom. The van der Waals surface area contributed by atoms with E-state index in [0.29, 0.717) is 30.8 Å². The quantitative estimate of drug-likeness (QED) is 0.319. The van der Waals surface area contributed by atoms with Gasteiger partial charge in [0.15, 0.2) is 5.78 Å². The van der Waals surface area contributed by atoms with Gasteiger partial charge in [-0.15, -0.1) is 0 Å². The standard InChI is InChI=1S/C30H31N3O3/c1-22(2)20-32(27(35)19-18-23-12-6-3-7-13-23)21-26(34)28-29(24-14-8-4-9-15-24)31-33(30(28)36)25-16-10-5-11-17-25/h3-17,22,31H,18-21H2,1-2H3. The molecule has 4 aromatic rings. The molecular formula is C30H31N3O3. The number of ketones is 1. The normalized spacial score (nSPS) is 11.0. The maximum absolute atomic E-state index is 13.6. The lowest BCUT2D eigenvalue weighted by Crippen LogP contribution is -2.39. The first-order valence-corrected chi connectivity index (χ1v) is 12.2. The predicted molar refractivity (Wildman–Crippen MR) is 142 cm³/mol. The van der Waals surface area contributed by atoms with Gasteiger partial charge in [0.2, 0.25) is 5.91 Å². The number of carbonyl (C=O) groups is 2. The molecule has 1 N–H and O–H groups in total. The Labute approximate surface area is 211 Å². The van der Waals surface area contributed by atoms with Crippen molar-refractivity contribution in [1.29, 1.82) is 0 Å². The zero-order valence-corrected chi connectivity index (χ0v) is 20.7. The van der Waals surface area contributed by atoms with E-state index in [1.807, 2.05) is 92.7 Å². The van der Waals surface area contributed by atoms with Crippen LogP contribution in [0.1, 0.15) is 36.2 Å². The lowest BCUT2D eigenvalue weighted by Gasteiger charge is -2.24. The Bertz CT molecular complexity index is 1360. The summed E-state index contributed by atoms with van der Waals surface area (Å²) in [5, 5.41) is 3.13. The molecule has 36 heavy (non-hydrogen) atoms. The summed E-state index contributed by atoms with van der Waals surface area (Å²) in [6.07, 6.45) is 0.902. The van der Waals surface area contributed by atoms with Gasteiger partial charge in [-0.1, -0.05) is 92.7 Å². The fraction of sp³-hybridized carbons (Fsp3) is 0.233. The number of rotatable bonds is 10. The second-order valence-corrected chi connectivity index (χ2v) is 9.28. The van der Waals surface area contributed by atoms with Crippen LogP contribution in [0.5, 0.6) is 0 Å². The molecule has 4 rings (SSSR count). The van der Waals surface area contributed by atoms with E-state index >= 15 is 0 Å². The Balaban J connectivity index is 1.65. The van der Waals surface area contributed by atoms with Gasteiger partial charge in [0, 0.05) is 18.5 Å². The van der Waals surface area contributed by atoms with Crippen molar-refractivity contribution >= 4 is 11.7 Å². The smallest absolute Gasteiger partial charge is 0.282 e. The van der Waals surface area contributed by atoms with Crippen LogP contribution in [0.25, 0.3) is 16.9 Å². The summed E-state index contributed by atoms with van der Waals surface area (Å²) < 4.78 is 1.39. The molecule has 0 saturated carbocycles. The van der Waals surface area contributed by atoms with Gasteiger partial charge in [-0.05, 0) is 30.0 Å². The molecule has 3 aromatic carbocycles. The number of para-hydroxylation sites is 1. The van der Waals surface area contributed by atoms with Crippen molar-refractivity contribution < 1.29 is 9.59 Å². The molecule has 0 saturated heterocycles. The zero-order chi connectivity index (χ0) is 25.5. The lowest BCUT2D eigenvalue weighted by molar-refractivity contribution is -0.131. The van der Waals surface area contributed by atoms with Gasteiger partial charge in [0.05, 0.1) is 17.9 Å². The average Bonchev–Trinajstić information content (AvgIpc) is 3.25. The van der Waals surface area contributed by atoms with Crippen molar-refractivity contribution in [2.75, 3.05) is 13.1 Å². The number of hydrogen-bond donors (Lipinski definition) is 1. The molecule has 1 aromatic heterocycles. The topological polar surface area (TPSA) is 75.2 Å². The number of aromatic nitrogens is 2. The minimum atomic E-state index is -0.425. The van der Waals surface area contributed by atoms with Gasteiger partial charge < -0.3 is 4.90 Å². The molecule has 0 atom stereocenters. The fourth-order valence-electron chi connectivity index (χ4n) is 4.27. The van der Waals surface area contributed by atoms with Gasteiger partial charge in [-0.2, -0.15) is 0 Å². The van der Waals surface area contributed by atoms with Gasteiger partial charge in [0.25, 0.3) is 5.56 Å². The number of Topliss-reactive ketones (excluding diaryl/α,β-unsaturated/α-hetero) is 1. The number of carbonyl (C=O) groups excluding carboxylic acids is 2. The van der Waals surface area contributed by atoms with E-state index in [4.69, 9.17) is 0 Å². The molecule has 6 heteroatoms. The number of nitrogens with one attached hydrogen (secondary N) is 1. The third-order valence-corrected chi connectivity index (χ3v) is 5.99. The summed E-state index contributed by atoms with van der Waals surface area (Å²) >= 11 is 0. The number of amides is 1. The summed E-state index contributed by atoms with van der Waals surface area (Å²) in [5.74, 6) is -0.293. The maximum Gasteiger partial charge on any atom is 0.282 e. The highest BCUT2D eigenvalue weighted by molar-refractivity contribution is 6.03. The Morgan fingerprint density at radius 1 is 0.861 bits per heavy atom. The number of nitrogens with zero attached hydrogens (tertiary/aromatic N) is 2. The Hall–Kier alpha value is -4.19. The highest BCUT2D eigenvalue weighted by atomic mass is 16.2. The summed E-state index contributed by atoms with van der Waals surface area (Å²) in [6, 6.07) is 28.3. The number of H-pyrrole nitrogens is 1. The fourth-order valence-corrected chi connectivity index (χ4v) is 4.27. The molecule has 0 radical (unpaired) electrons. The van der Waals surface area contributed by atoms with Crippen LogP contribution in [0.15, 0.2) is 95.8 Å². The molecule has 1 amide bonds. The molecule has 0 spiro atoms. The number of hydrogen-bond acceptors (Lipinski definition) is 3. The van der Waals surface area contributed by atoms with Crippen molar-refractivity contribution in [3.05, 3.63) is 112 Å². The van der Waals surface area contributed by atoms with Crippen molar-refractivity contribution in [3.8, 4) is 16.9 Å². The van der Waals surface area contributed by atoms with Crippen molar-refractivity contribution in [2.24, 2.45) is 5.92 Å². The first-order valence-electron chi connectivity index (χ1n) is 12.2. The van der Waals surface area contributed by atoms with E-state index in [-0.39, 0.29) is 29.7 Å². The molecule has 1 heterocycles. The van der Waals surface area contributed by atoms with E-state index in [2.05, 4.69) is 5.10 Å². The molecule has 0 aliphatic carbocycles. The number of benzene rings is 3. The van der Waals surface area contributed by atoms with Crippen LogP contribution in [-0.4, -0.2) is 39.5 Å². The molecule has 0 bridgehead atoms. The van der Waals surface area contributed by atoms with Gasteiger partial charge in [0.1, 0.15) is 5.56 Å². The molecule has 0 unspecified atom stereocenters. The van der Waals surface area contributed by atoms with Gasteiger partial charge >= 0.3 is 0 Å². The van der Waals surface area contributed by atoms with E-state index in [0.717, 1.165) is 11.1 Å². The van der Waals surface area contributed by atoms with E-state index in [9.17, 15) is 14.4 Å². The molecule has 0 aliphatic rings.